The van der Waals surface area contributed by atoms with Crippen molar-refractivity contribution in [2.75, 3.05) is 13.1 Å². The smallest absolute Gasteiger partial charge is 0.142 e. The van der Waals surface area contributed by atoms with Crippen LogP contribution in [0.5, 0.6) is 0 Å². The van der Waals surface area contributed by atoms with Crippen LogP contribution in [0.2, 0.25) is 0 Å². The second-order valence-electron chi connectivity index (χ2n) is 7.90. The Labute approximate surface area is 202 Å². The number of rotatable bonds is 6. The van der Waals surface area contributed by atoms with Crippen molar-refractivity contribution in [3.05, 3.63) is 106 Å². The van der Waals surface area contributed by atoms with Crippen LogP contribution in [-0.2, 0) is 11.4 Å². The van der Waals surface area contributed by atoms with Crippen LogP contribution in [0.1, 0.15) is 41.1 Å². The summed E-state index contributed by atoms with van der Waals surface area (Å²) >= 11 is 0. The largest absolute Gasteiger partial charge is 0.391 e. The van der Waals surface area contributed by atoms with Crippen molar-refractivity contribution in [1.29, 1.82) is 5.26 Å². The first-order valence-electron chi connectivity index (χ1n) is 10.6. The van der Waals surface area contributed by atoms with Gasteiger partial charge in [-0.1, -0.05) is 35.5 Å². The summed E-state index contributed by atoms with van der Waals surface area (Å²) in [7, 11) is 0. The van der Waals surface area contributed by atoms with Crippen LogP contribution in [0, 0.1) is 28.8 Å². The van der Waals surface area contributed by atoms with Crippen molar-refractivity contribution in [2.45, 2.75) is 25.5 Å². The topological polar surface area (TPSA) is 48.6 Å². The molecule has 0 N–H and O–H groups in total. The van der Waals surface area contributed by atoms with Gasteiger partial charge in [-0.25, -0.2) is 13.2 Å². The monoisotopic (exact) mass is 485 g/mol. The fraction of sp³-hybridized carbons (Fsp3) is 0.231. The summed E-state index contributed by atoms with van der Waals surface area (Å²) in [5, 5.41) is 13.2. The number of nitrogens with zero attached hydrogens (tertiary/aromatic N) is 3. The first kappa shape index (κ1) is 25.3. The van der Waals surface area contributed by atoms with Crippen molar-refractivity contribution in [1.82, 2.24) is 4.90 Å². The van der Waals surface area contributed by atoms with Gasteiger partial charge in [0.25, 0.3) is 0 Å². The Morgan fingerprint density at radius 1 is 0.882 bits per heavy atom. The van der Waals surface area contributed by atoms with E-state index >= 15 is 0 Å². The Kier molecular flexibility index (Phi) is 8.69. The van der Waals surface area contributed by atoms with E-state index in [0.717, 1.165) is 16.8 Å². The van der Waals surface area contributed by atoms with Crippen molar-refractivity contribution in [3.8, 4) is 6.07 Å². The average molecular weight is 486 g/mol. The van der Waals surface area contributed by atoms with Crippen molar-refractivity contribution in [2.24, 2.45) is 5.16 Å². The molecule has 176 valence electrons. The highest BCUT2D eigenvalue weighted by atomic mass is 35.5. The predicted molar refractivity (Wildman–Crippen MR) is 126 cm³/mol. The Morgan fingerprint density at radius 2 is 1.44 bits per heavy atom. The maximum atomic E-state index is 13.5. The maximum absolute atomic E-state index is 13.5. The SMILES string of the molecule is Cl.N#Cc1cc(CON=C2CCN(C(c3ccc(F)cc3)c3ccc(F)cc3)CC2)ccc1F. The average Bonchev–Trinajstić information content (AvgIpc) is 2.83. The highest BCUT2D eigenvalue weighted by Gasteiger charge is 2.26. The van der Waals surface area contributed by atoms with Crippen LogP contribution >= 0.6 is 12.4 Å². The van der Waals surface area contributed by atoms with Crippen LogP contribution in [0.15, 0.2) is 71.9 Å². The summed E-state index contributed by atoms with van der Waals surface area (Å²) in [4.78, 5) is 7.71. The van der Waals surface area contributed by atoms with E-state index in [1.807, 2.05) is 6.07 Å². The van der Waals surface area contributed by atoms with Gasteiger partial charge in [0, 0.05) is 25.9 Å². The maximum Gasteiger partial charge on any atom is 0.142 e. The minimum atomic E-state index is -0.559. The van der Waals surface area contributed by atoms with E-state index in [1.165, 1.54) is 36.4 Å². The molecule has 0 aliphatic carbocycles. The molecule has 34 heavy (non-hydrogen) atoms. The van der Waals surface area contributed by atoms with E-state index < -0.39 is 5.82 Å². The van der Waals surface area contributed by atoms with Gasteiger partial charge in [0.15, 0.2) is 0 Å². The zero-order chi connectivity index (χ0) is 23.2. The molecule has 0 atom stereocenters. The number of hydrogen-bond acceptors (Lipinski definition) is 4. The van der Waals surface area contributed by atoms with Gasteiger partial charge in [-0.3, -0.25) is 4.90 Å². The van der Waals surface area contributed by atoms with Crippen LogP contribution in [0.25, 0.3) is 0 Å². The summed E-state index contributed by atoms with van der Waals surface area (Å²) in [5.74, 6) is -1.16. The van der Waals surface area contributed by atoms with Crippen LogP contribution in [0.4, 0.5) is 13.2 Å². The van der Waals surface area contributed by atoms with Crippen LogP contribution in [-0.4, -0.2) is 23.7 Å². The Balaban J connectivity index is 0.00000324. The second-order valence-corrected chi connectivity index (χ2v) is 7.90. The highest BCUT2D eigenvalue weighted by Crippen LogP contribution is 2.31. The standard InChI is InChI=1S/C26H22F3N3O.ClH/c27-22-6-2-19(3-7-22)26(20-4-8-23(28)9-5-20)32-13-11-24(12-14-32)31-33-17-18-1-10-25(29)21(15-18)16-30;/h1-10,15,26H,11-14,17H2;1H. The number of nitriles is 1. The Hall–Kier alpha value is -3.34. The Morgan fingerprint density at radius 3 is 1.97 bits per heavy atom. The van der Waals surface area contributed by atoms with Gasteiger partial charge >= 0.3 is 0 Å². The number of hydrogen-bond donors (Lipinski definition) is 0. The number of likely N-dealkylation sites (tertiary alicyclic amines) is 1. The van der Waals surface area contributed by atoms with E-state index in [4.69, 9.17) is 10.1 Å². The third-order valence-corrected chi connectivity index (χ3v) is 5.69. The van der Waals surface area contributed by atoms with Gasteiger partial charge < -0.3 is 4.84 Å². The molecule has 1 saturated heterocycles. The third-order valence-electron chi connectivity index (χ3n) is 5.69. The fourth-order valence-corrected chi connectivity index (χ4v) is 3.98. The van der Waals surface area contributed by atoms with Crippen molar-refractivity contribution < 1.29 is 18.0 Å². The van der Waals surface area contributed by atoms with E-state index in [9.17, 15) is 13.2 Å². The van der Waals surface area contributed by atoms with Gasteiger partial charge in [0.2, 0.25) is 0 Å². The first-order valence-corrected chi connectivity index (χ1v) is 10.6. The number of piperidine rings is 1. The first-order chi connectivity index (χ1) is 16.0. The zero-order valence-electron chi connectivity index (χ0n) is 18.3. The molecule has 0 spiro atoms. The minimum Gasteiger partial charge on any atom is -0.391 e. The van der Waals surface area contributed by atoms with Crippen LogP contribution < -0.4 is 0 Å². The van der Waals surface area contributed by atoms with E-state index in [0.29, 0.717) is 31.5 Å². The molecule has 1 heterocycles. The number of halogens is 4. The van der Waals surface area contributed by atoms with Crippen LogP contribution in [0.3, 0.4) is 0 Å². The molecule has 1 fully saturated rings. The summed E-state index contributed by atoms with van der Waals surface area (Å²) in [6.45, 7) is 1.56. The third kappa shape index (κ3) is 6.16. The van der Waals surface area contributed by atoms with Gasteiger partial charge in [0.1, 0.15) is 30.1 Å². The molecule has 0 amide bonds. The predicted octanol–water partition coefficient (Wildman–Crippen LogP) is 6.16. The van der Waals surface area contributed by atoms with E-state index in [2.05, 4.69) is 10.1 Å². The molecule has 3 aromatic carbocycles. The van der Waals surface area contributed by atoms with Gasteiger partial charge in [-0.2, -0.15) is 5.26 Å². The minimum absolute atomic E-state index is 0. The fourth-order valence-electron chi connectivity index (χ4n) is 3.98. The lowest BCUT2D eigenvalue weighted by molar-refractivity contribution is 0.126. The molecule has 1 aliphatic rings. The quantitative estimate of drug-likeness (QED) is 0.393. The number of benzene rings is 3. The number of oxime groups is 1. The normalized spacial score (nSPS) is 13.8. The summed E-state index contributed by atoms with van der Waals surface area (Å²) in [5.41, 5.74) is 3.42. The van der Waals surface area contributed by atoms with Gasteiger partial charge in [-0.05, 0) is 53.1 Å². The molecular weight excluding hydrogens is 463 g/mol. The van der Waals surface area contributed by atoms with E-state index in [1.54, 1.807) is 30.3 Å². The molecular formula is C26H23ClF3N3O. The molecule has 0 saturated carbocycles. The molecule has 0 radical (unpaired) electrons. The second kappa shape index (κ2) is 11.7. The molecule has 8 heteroatoms. The highest BCUT2D eigenvalue weighted by molar-refractivity contribution is 5.85. The molecule has 1 aliphatic heterocycles. The molecule has 0 aromatic heterocycles. The summed E-state index contributed by atoms with van der Waals surface area (Å²) < 4.78 is 40.4. The van der Waals surface area contributed by atoms with E-state index in [-0.39, 0.29) is 42.3 Å². The van der Waals surface area contributed by atoms with Gasteiger partial charge in [0.05, 0.1) is 17.3 Å². The molecule has 0 unspecified atom stereocenters. The lowest BCUT2D eigenvalue weighted by Gasteiger charge is -2.35. The lowest BCUT2D eigenvalue weighted by Crippen LogP contribution is -2.37. The Bertz CT molecular complexity index is 1120. The van der Waals surface area contributed by atoms with Gasteiger partial charge in [-0.15, -0.1) is 12.4 Å². The molecule has 4 rings (SSSR count). The molecule has 0 bridgehead atoms. The van der Waals surface area contributed by atoms with Crippen molar-refractivity contribution >= 4 is 18.1 Å². The molecule has 4 nitrogen and oxygen atoms in total. The summed E-state index contributed by atoms with van der Waals surface area (Å²) in [6.07, 6.45) is 1.37. The zero-order valence-corrected chi connectivity index (χ0v) is 19.1. The molecule has 3 aromatic rings. The van der Waals surface area contributed by atoms with Crippen molar-refractivity contribution in [3.63, 3.8) is 0 Å². The lowest BCUT2D eigenvalue weighted by atomic mass is 9.94. The summed E-state index contributed by atoms with van der Waals surface area (Å²) in [6, 6.07) is 18.7.